The fourth-order valence-corrected chi connectivity index (χ4v) is 9.44. The van der Waals surface area contributed by atoms with Gasteiger partial charge in [-0.25, -0.2) is 4.85 Å². The van der Waals surface area contributed by atoms with Crippen LogP contribution in [0.2, 0.25) is 0 Å². The quantitative estimate of drug-likeness (QED) is 0.169. The Morgan fingerprint density at radius 3 is 1.55 bits per heavy atom. The Morgan fingerprint density at radius 2 is 1.02 bits per heavy atom. The van der Waals surface area contributed by atoms with E-state index in [1.54, 1.807) is 6.07 Å². The van der Waals surface area contributed by atoms with Crippen LogP contribution in [0.3, 0.4) is 0 Å². The highest BCUT2D eigenvalue weighted by Crippen LogP contribution is 2.50. The fourth-order valence-electron chi connectivity index (χ4n) is 9.44. The maximum Gasteiger partial charge on any atom is 0.212 e. The first-order valence-corrected chi connectivity index (χ1v) is 19.3. The number of benzene rings is 8. The van der Waals surface area contributed by atoms with Crippen molar-refractivity contribution in [2.45, 2.75) is 13.8 Å². The second kappa shape index (κ2) is 11.7. The molecule has 0 saturated heterocycles. The van der Waals surface area contributed by atoms with Gasteiger partial charge in [-0.15, -0.1) is 0 Å². The first kappa shape index (κ1) is 32.2. The molecule has 8 aromatic carbocycles. The van der Waals surface area contributed by atoms with Crippen molar-refractivity contribution in [2.75, 3.05) is 0 Å². The Kier molecular flexibility index (Phi) is 6.51. The number of hydrogen-bond acceptors (Lipinski definition) is 3. The molecule has 0 aliphatic heterocycles. The van der Waals surface area contributed by atoms with Gasteiger partial charge in [-0.2, -0.15) is 5.26 Å². The standard InChI is InChI=1S/C52H30N4O2/c1-29-17-21-40-37(25-29)47-42(23-19-35-33-13-7-9-15-44(33)57-51(35)47)55(40)49-32(28-53)27-39(54-3)50(46(49)31-11-5-4-6-12-31)56-41-22-18-30(2)26-38(41)48-43(56)24-20-36-34-14-8-10-16-45(34)58-52(36)48/h4-27H,1-2H3. The smallest absolute Gasteiger partial charge is 0.212 e. The Labute approximate surface area is 331 Å². The van der Waals surface area contributed by atoms with Gasteiger partial charge in [-0.05, 0) is 86.1 Å². The van der Waals surface area contributed by atoms with E-state index in [-0.39, 0.29) is 0 Å². The van der Waals surface area contributed by atoms with Gasteiger partial charge in [0.05, 0.1) is 56.3 Å². The molecule has 0 saturated carbocycles. The molecule has 58 heavy (non-hydrogen) atoms. The molecule has 0 amide bonds. The second-order valence-corrected chi connectivity index (χ2v) is 15.2. The number of furan rings is 2. The van der Waals surface area contributed by atoms with Crippen LogP contribution in [0.1, 0.15) is 16.7 Å². The molecule has 12 rings (SSSR count). The number of nitriles is 1. The van der Waals surface area contributed by atoms with Crippen molar-refractivity contribution in [3.8, 4) is 28.6 Å². The molecule has 4 aromatic heterocycles. The van der Waals surface area contributed by atoms with Gasteiger partial charge in [0.1, 0.15) is 28.4 Å². The minimum absolute atomic E-state index is 0.375. The second-order valence-electron chi connectivity index (χ2n) is 15.2. The van der Waals surface area contributed by atoms with Crippen molar-refractivity contribution < 1.29 is 8.83 Å². The summed E-state index contributed by atoms with van der Waals surface area (Å²) in [6.07, 6.45) is 0. The first-order valence-electron chi connectivity index (χ1n) is 19.3. The monoisotopic (exact) mass is 742 g/mol. The molecule has 270 valence electrons. The predicted octanol–water partition coefficient (Wildman–Crippen LogP) is 14.4. The zero-order valence-corrected chi connectivity index (χ0v) is 31.5. The number of aromatic nitrogens is 2. The molecule has 0 aliphatic rings. The molecular formula is C52H30N4O2. The fraction of sp³-hybridized carbons (Fsp3) is 0.0385. The number of nitrogens with zero attached hydrogens (tertiary/aromatic N) is 4. The number of para-hydroxylation sites is 2. The van der Waals surface area contributed by atoms with Gasteiger partial charge in [0.25, 0.3) is 0 Å². The molecule has 0 bridgehead atoms. The van der Waals surface area contributed by atoms with E-state index in [1.165, 1.54) is 0 Å². The third kappa shape index (κ3) is 4.23. The van der Waals surface area contributed by atoms with Gasteiger partial charge in [0.15, 0.2) is 0 Å². The summed E-state index contributed by atoms with van der Waals surface area (Å²) in [7, 11) is 0. The lowest BCUT2D eigenvalue weighted by Crippen LogP contribution is -2.06. The summed E-state index contributed by atoms with van der Waals surface area (Å²) in [5.74, 6) is 0. The maximum absolute atomic E-state index is 11.1. The van der Waals surface area contributed by atoms with E-state index in [2.05, 4.69) is 119 Å². The molecule has 0 N–H and O–H groups in total. The summed E-state index contributed by atoms with van der Waals surface area (Å²) >= 11 is 0. The molecule has 0 unspecified atom stereocenters. The van der Waals surface area contributed by atoms with Crippen LogP contribution in [0, 0.1) is 31.8 Å². The molecule has 6 nitrogen and oxygen atoms in total. The van der Waals surface area contributed by atoms with Crippen LogP contribution in [0.5, 0.6) is 0 Å². The molecule has 0 atom stereocenters. The van der Waals surface area contributed by atoms with Gasteiger partial charge in [0.2, 0.25) is 5.69 Å². The van der Waals surface area contributed by atoms with Gasteiger partial charge in [-0.3, -0.25) is 0 Å². The van der Waals surface area contributed by atoms with Crippen molar-refractivity contribution in [2.24, 2.45) is 0 Å². The normalized spacial score (nSPS) is 11.9. The maximum atomic E-state index is 11.1. The highest BCUT2D eigenvalue weighted by molar-refractivity contribution is 6.26. The van der Waals surface area contributed by atoms with Crippen LogP contribution in [0.25, 0.3) is 115 Å². The molecule has 0 fully saturated rings. The lowest BCUT2D eigenvalue weighted by molar-refractivity contribution is 0.672. The average Bonchev–Trinajstić information content (AvgIpc) is 4.00. The molecule has 12 aromatic rings. The zero-order chi connectivity index (χ0) is 38.8. The number of hydrogen-bond donors (Lipinski definition) is 0. The lowest BCUT2D eigenvalue weighted by Gasteiger charge is -2.23. The minimum Gasteiger partial charge on any atom is -0.455 e. The van der Waals surface area contributed by atoms with E-state index in [0.29, 0.717) is 22.6 Å². The summed E-state index contributed by atoms with van der Waals surface area (Å²) in [6.45, 7) is 12.9. The topological polar surface area (TPSA) is 64.3 Å². The van der Waals surface area contributed by atoms with Crippen LogP contribution < -0.4 is 0 Å². The highest BCUT2D eigenvalue weighted by Gasteiger charge is 2.29. The van der Waals surface area contributed by atoms with Crippen LogP contribution in [0.4, 0.5) is 5.69 Å². The van der Waals surface area contributed by atoms with Gasteiger partial charge in [0, 0.05) is 37.9 Å². The largest absolute Gasteiger partial charge is 0.455 e. The lowest BCUT2D eigenvalue weighted by atomic mass is 9.95. The van der Waals surface area contributed by atoms with E-state index < -0.39 is 0 Å². The third-order valence-corrected chi connectivity index (χ3v) is 11.9. The van der Waals surface area contributed by atoms with Crippen LogP contribution in [-0.2, 0) is 0 Å². The number of fused-ring (bicyclic) bond motifs is 14. The molecule has 0 spiro atoms. The summed E-state index contributed by atoms with van der Waals surface area (Å²) < 4.78 is 17.8. The summed E-state index contributed by atoms with van der Waals surface area (Å²) in [5, 5.41) is 19.3. The Morgan fingerprint density at radius 1 is 0.517 bits per heavy atom. The van der Waals surface area contributed by atoms with Crippen molar-refractivity contribution in [3.05, 3.63) is 174 Å². The molecule has 0 aliphatic carbocycles. The van der Waals surface area contributed by atoms with Gasteiger partial charge >= 0.3 is 0 Å². The van der Waals surface area contributed by atoms with Crippen LogP contribution in [-0.4, -0.2) is 9.13 Å². The molecule has 0 radical (unpaired) electrons. The van der Waals surface area contributed by atoms with Crippen LogP contribution in [0.15, 0.2) is 154 Å². The predicted molar refractivity (Wildman–Crippen MR) is 236 cm³/mol. The van der Waals surface area contributed by atoms with Crippen molar-refractivity contribution in [1.82, 2.24) is 9.13 Å². The zero-order valence-electron chi connectivity index (χ0n) is 31.5. The molecule has 4 heterocycles. The van der Waals surface area contributed by atoms with E-state index in [4.69, 9.17) is 15.4 Å². The average molecular weight is 743 g/mol. The third-order valence-electron chi connectivity index (χ3n) is 11.9. The first-order chi connectivity index (χ1) is 28.5. The highest BCUT2D eigenvalue weighted by atomic mass is 16.3. The minimum atomic E-state index is 0.375. The summed E-state index contributed by atoms with van der Waals surface area (Å²) in [4.78, 5) is 4.20. The summed E-state index contributed by atoms with van der Waals surface area (Å²) in [6, 6.07) is 52.2. The Bertz CT molecular complexity index is 3610. The van der Waals surface area contributed by atoms with Crippen molar-refractivity contribution in [1.29, 1.82) is 5.26 Å². The number of rotatable bonds is 3. The van der Waals surface area contributed by atoms with E-state index >= 15 is 0 Å². The van der Waals surface area contributed by atoms with E-state index in [1.807, 2.05) is 54.6 Å². The summed E-state index contributed by atoms with van der Waals surface area (Å²) in [5.41, 5.74) is 13.0. The van der Waals surface area contributed by atoms with E-state index in [9.17, 15) is 5.26 Å². The Balaban J connectivity index is 1.30. The SMILES string of the molecule is [C-]#[N+]c1cc(C#N)c(-n2c3ccc(C)cc3c3c4oc5ccccc5c4ccc32)c(-c2ccccc2)c1-n1c2ccc(C)cc2c2c3oc4ccccc4c3ccc21. The van der Waals surface area contributed by atoms with Gasteiger partial charge in [-0.1, -0.05) is 90.0 Å². The van der Waals surface area contributed by atoms with Crippen molar-refractivity contribution in [3.63, 3.8) is 0 Å². The number of aryl methyl sites for hydroxylation is 2. The van der Waals surface area contributed by atoms with Gasteiger partial charge < -0.3 is 18.0 Å². The van der Waals surface area contributed by atoms with Crippen molar-refractivity contribution >= 4 is 93.2 Å². The molecular weight excluding hydrogens is 713 g/mol. The van der Waals surface area contributed by atoms with E-state index in [0.717, 1.165) is 110 Å². The molecule has 6 heteroatoms. The Hall–Kier alpha value is -8.06. The van der Waals surface area contributed by atoms with Crippen LogP contribution >= 0.6 is 0 Å².